The molecule has 1 rings (SSSR count). The van der Waals surface area contributed by atoms with E-state index in [0.29, 0.717) is 6.42 Å². The molecule has 0 aliphatic carbocycles. The zero-order chi connectivity index (χ0) is 16.4. The molecule has 21 heavy (non-hydrogen) atoms. The summed E-state index contributed by atoms with van der Waals surface area (Å²) in [6.45, 7) is 9.30. The highest BCUT2D eigenvalue weighted by Crippen LogP contribution is 2.36. The Morgan fingerprint density at radius 3 is 1.76 bits per heavy atom. The number of ether oxygens (including phenoxy) is 1. The lowest BCUT2D eigenvalue weighted by Gasteiger charge is -2.22. The molecule has 0 aromatic heterocycles. The van der Waals surface area contributed by atoms with Gasteiger partial charge in [0.1, 0.15) is 6.61 Å². The van der Waals surface area contributed by atoms with E-state index in [1.54, 1.807) is 0 Å². The summed E-state index contributed by atoms with van der Waals surface area (Å²) in [4.78, 5) is 0.00346. The molecule has 0 heterocycles. The van der Waals surface area contributed by atoms with Crippen molar-refractivity contribution < 1.29 is 17.9 Å². The largest absolute Gasteiger partial charge is 0.411 e. The van der Waals surface area contributed by atoms with Crippen molar-refractivity contribution in [3.63, 3.8) is 0 Å². The van der Waals surface area contributed by atoms with Crippen molar-refractivity contribution in [3.8, 4) is 0 Å². The van der Waals surface area contributed by atoms with Gasteiger partial charge >= 0.3 is 6.18 Å². The van der Waals surface area contributed by atoms with Crippen molar-refractivity contribution >= 4 is 15.9 Å². The standard InChI is InChI=1S/C16H22BrF3O/c1-9-10(2)12(4)15(13(5)11(9)3)14(17)6-7-21-8-16(18,19)20/h14H,6-8H2,1-5H3. The predicted octanol–water partition coefficient (Wildman–Crippen LogP) is 5.63. The van der Waals surface area contributed by atoms with Crippen LogP contribution in [0.2, 0.25) is 0 Å². The molecule has 120 valence electrons. The first-order valence-corrected chi connectivity index (χ1v) is 7.83. The van der Waals surface area contributed by atoms with E-state index in [0.717, 1.165) is 0 Å². The molecule has 1 nitrogen and oxygen atoms in total. The molecule has 0 saturated carbocycles. The van der Waals surface area contributed by atoms with E-state index in [-0.39, 0.29) is 11.4 Å². The van der Waals surface area contributed by atoms with Gasteiger partial charge in [-0.05, 0) is 74.4 Å². The summed E-state index contributed by atoms with van der Waals surface area (Å²) in [5.41, 5.74) is 7.34. The average Bonchev–Trinajstić information content (AvgIpc) is 2.38. The monoisotopic (exact) mass is 366 g/mol. The summed E-state index contributed by atoms with van der Waals surface area (Å²) in [5, 5.41) is 0. The van der Waals surface area contributed by atoms with Gasteiger partial charge in [-0.25, -0.2) is 0 Å². The van der Waals surface area contributed by atoms with Crippen molar-refractivity contribution in [2.24, 2.45) is 0 Å². The maximum atomic E-state index is 12.0. The van der Waals surface area contributed by atoms with Gasteiger partial charge in [0.15, 0.2) is 0 Å². The molecule has 0 aliphatic rings. The molecule has 0 radical (unpaired) electrons. The van der Waals surface area contributed by atoms with Crippen LogP contribution in [0.15, 0.2) is 0 Å². The second-order valence-electron chi connectivity index (χ2n) is 5.46. The Morgan fingerprint density at radius 1 is 0.905 bits per heavy atom. The highest BCUT2D eigenvalue weighted by Gasteiger charge is 2.27. The lowest BCUT2D eigenvalue weighted by Crippen LogP contribution is -2.18. The predicted molar refractivity (Wildman–Crippen MR) is 83.3 cm³/mol. The van der Waals surface area contributed by atoms with Gasteiger partial charge in [0.25, 0.3) is 0 Å². The molecule has 1 aromatic carbocycles. The summed E-state index contributed by atoms with van der Waals surface area (Å²) in [6, 6.07) is 0. The second kappa shape index (κ2) is 7.14. The number of rotatable bonds is 5. The van der Waals surface area contributed by atoms with Crippen LogP contribution in [0, 0.1) is 34.6 Å². The maximum absolute atomic E-state index is 12.0. The molecular formula is C16H22BrF3O. The van der Waals surface area contributed by atoms with Gasteiger partial charge in [0.2, 0.25) is 0 Å². The fourth-order valence-electron chi connectivity index (χ4n) is 2.52. The minimum atomic E-state index is -4.26. The van der Waals surface area contributed by atoms with Crippen LogP contribution in [-0.2, 0) is 4.74 Å². The fraction of sp³-hybridized carbons (Fsp3) is 0.625. The summed E-state index contributed by atoms with van der Waals surface area (Å²) < 4.78 is 40.8. The van der Waals surface area contributed by atoms with Crippen molar-refractivity contribution in [3.05, 3.63) is 33.4 Å². The highest BCUT2D eigenvalue weighted by molar-refractivity contribution is 9.09. The molecule has 1 atom stereocenters. The topological polar surface area (TPSA) is 9.23 Å². The summed E-state index contributed by atoms with van der Waals surface area (Å²) >= 11 is 3.60. The van der Waals surface area contributed by atoms with Gasteiger partial charge in [-0.2, -0.15) is 13.2 Å². The van der Waals surface area contributed by atoms with Crippen LogP contribution in [0.25, 0.3) is 0 Å². The highest BCUT2D eigenvalue weighted by atomic mass is 79.9. The first kappa shape index (κ1) is 18.5. The van der Waals surface area contributed by atoms with E-state index >= 15 is 0 Å². The summed E-state index contributed by atoms with van der Waals surface area (Å²) in [6.07, 6.45) is -3.75. The zero-order valence-electron chi connectivity index (χ0n) is 13.1. The van der Waals surface area contributed by atoms with Crippen molar-refractivity contribution in [1.29, 1.82) is 0 Å². The SMILES string of the molecule is Cc1c(C)c(C)c(C(Br)CCOCC(F)(F)F)c(C)c1C. The molecule has 0 aliphatic heterocycles. The van der Waals surface area contributed by atoms with Gasteiger partial charge in [0, 0.05) is 11.4 Å². The van der Waals surface area contributed by atoms with Crippen LogP contribution in [0.4, 0.5) is 13.2 Å². The lowest BCUT2D eigenvalue weighted by molar-refractivity contribution is -0.174. The minimum absolute atomic E-state index is 0.00346. The Balaban J connectivity index is 2.82. The molecule has 1 aromatic rings. The Hall–Kier alpha value is -0.550. The lowest BCUT2D eigenvalue weighted by atomic mass is 9.87. The molecule has 5 heteroatoms. The molecule has 0 fully saturated rings. The van der Waals surface area contributed by atoms with Gasteiger partial charge in [0.05, 0.1) is 0 Å². The van der Waals surface area contributed by atoms with E-state index in [9.17, 15) is 13.2 Å². The second-order valence-corrected chi connectivity index (χ2v) is 6.57. The number of benzene rings is 1. The molecule has 0 saturated heterocycles. The third-order valence-electron chi connectivity index (χ3n) is 4.15. The van der Waals surface area contributed by atoms with Gasteiger partial charge < -0.3 is 4.74 Å². The smallest absolute Gasteiger partial charge is 0.372 e. The van der Waals surface area contributed by atoms with E-state index in [1.807, 2.05) is 0 Å². The number of hydrogen-bond acceptors (Lipinski definition) is 1. The Bertz CT molecular complexity index is 480. The van der Waals surface area contributed by atoms with E-state index in [4.69, 9.17) is 4.74 Å². The quantitative estimate of drug-likeness (QED) is 0.484. The third-order valence-corrected chi connectivity index (χ3v) is 5.07. The van der Waals surface area contributed by atoms with Crippen LogP contribution < -0.4 is 0 Å². The molecule has 0 amide bonds. The minimum Gasteiger partial charge on any atom is -0.372 e. The molecule has 0 spiro atoms. The van der Waals surface area contributed by atoms with Crippen molar-refractivity contribution in [2.45, 2.75) is 52.0 Å². The Morgan fingerprint density at radius 2 is 1.33 bits per heavy atom. The normalized spacial score (nSPS) is 13.6. The van der Waals surface area contributed by atoms with Crippen molar-refractivity contribution in [2.75, 3.05) is 13.2 Å². The summed E-state index contributed by atoms with van der Waals surface area (Å²) in [7, 11) is 0. The van der Waals surface area contributed by atoms with E-state index in [2.05, 4.69) is 50.5 Å². The van der Waals surface area contributed by atoms with Crippen LogP contribution in [-0.4, -0.2) is 19.4 Å². The van der Waals surface area contributed by atoms with Crippen LogP contribution in [0.3, 0.4) is 0 Å². The molecular weight excluding hydrogens is 345 g/mol. The van der Waals surface area contributed by atoms with Crippen LogP contribution in [0.5, 0.6) is 0 Å². The van der Waals surface area contributed by atoms with E-state index in [1.165, 1.54) is 33.4 Å². The van der Waals surface area contributed by atoms with Gasteiger partial charge in [-0.1, -0.05) is 15.9 Å². The van der Waals surface area contributed by atoms with Crippen molar-refractivity contribution in [1.82, 2.24) is 0 Å². The molecule has 1 unspecified atom stereocenters. The Kier molecular flexibility index (Phi) is 6.29. The maximum Gasteiger partial charge on any atom is 0.411 e. The van der Waals surface area contributed by atoms with Crippen LogP contribution >= 0.6 is 15.9 Å². The number of alkyl halides is 4. The van der Waals surface area contributed by atoms with Crippen LogP contribution in [0.1, 0.15) is 44.6 Å². The van der Waals surface area contributed by atoms with Gasteiger partial charge in [-0.3, -0.25) is 0 Å². The molecule has 0 bridgehead atoms. The fourth-order valence-corrected chi connectivity index (χ4v) is 3.39. The number of hydrogen-bond donors (Lipinski definition) is 0. The average molecular weight is 367 g/mol. The first-order valence-electron chi connectivity index (χ1n) is 6.91. The van der Waals surface area contributed by atoms with E-state index < -0.39 is 12.8 Å². The Labute approximate surface area is 133 Å². The summed E-state index contributed by atoms with van der Waals surface area (Å²) in [5.74, 6) is 0. The number of halogens is 4. The zero-order valence-corrected chi connectivity index (χ0v) is 14.7. The van der Waals surface area contributed by atoms with Gasteiger partial charge in [-0.15, -0.1) is 0 Å². The third kappa shape index (κ3) is 4.71. The first-order chi connectivity index (χ1) is 9.56. The molecule has 0 N–H and O–H groups in total.